The summed E-state index contributed by atoms with van der Waals surface area (Å²) in [7, 11) is 0. The molecule has 0 bridgehead atoms. The molecule has 0 spiro atoms. The lowest BCUT2D eigenvalue weighted by Gasteiger charge is -2.09. The maximum absolute atomic E-state index is 12.9. The number of pyridine rings is 1. The zero-order chi connectivity index (χ0) is 26.2. The fourth-order valence-electron chi connectivity index (χ4n) is 4.44. The molecule has 0 aliphatic rings. The molecule has 37 heavy (non-hydrogen) atoms. The Balaban J connectivity index is 1.34. The van der Waals surface area contributed by atoms with Gasteiger partial charge < -0.3 is 0 Å². The van der Waals surface area contributed by atoms with Crippen molar-refractivity contribution in [1.82, 2.24) is 14.5 Å². The fourth-order valence-corrected chi connectivity index (χ4v) is 4.66. The van der Waals surface area contributed by atoms with Crippen LogP contribution in [0.25, 0.3) is 27.5 Å². The number of aryl methyl sites for hydroxylation is 2. The molecule has 0 aliphatic heterocycles. The van der Waals surface area contributed by atoms with E-state index in [1.165, 1.54) is 29.0 Å². The highest BCUT2D eigenvalue weighted by molar-refractivity contribution is 7.80. The topological polar surface area (TPSA) is 43.1 Å². The molecule has 0 amide bonds. The van der Waals surface area contributed by atoms with Gasteiger partial charge >= 0.3 is 6.18 Å². The molecule has 5 aromatic rings. The van der Waals surface area contributed by atoms with E-state index >= 15 is 0 Å². The SMILES string of the molecule is Cc1cccc(C)c1CC(=S)CN=Cc1ccc2c(ccc3c2ncn3-c2ccc(C(F)(F)F)nc2)c1. The molecule has 5 rings (SSSR count). The Hall–Kier alpha value is -3.91. The Kier molecular flexibility index (Phi) is 6.60. The number of alkyl halides is 3. The third-order valence-electron chi connectivity index (χ3n) is 6.40. The minimum Gasteiger partial charge on any atom is -0.297 e. The molecule has 3 aromatic carbocycles. The third kappa shape index (κ3) is 5.15. The Morgan fingerprint density at radius 1 is 1.00 bits per heavy atom. The van der Waals surface area contributed by atoms with Crippen molar-refractivity contribution in [1.29, 1.82) is 0 Å². The number of hydrogen-bond acceptors (Lipinski definition) is 4. The van der Waals surface area contributed by atoms with E-state index in [9.17, 15) is 13.2 Å². The van der Waals surface area contributed by atoms with Gasteiger partial charge in [-0.25, -0.2) is 9.97 Å². The van der Waals surface area contributed by atoms with Gasteiger partial charge in [0.2, 0.25) is 0 Å². The van der Waals surface area contributed by atoms with Crippen LogP contribution in [-0.2, 0) is 12.6 Å². The van der Waals surface area contributed by atoms with E-state index in [1.807, 2.05) is 36.5 Å². The van der Waals surface area contributed by atoms with Crippen molar-refractivity contribution >= 4 is 45.1 Å². The minimum atomic E-state index is -4.47. The van der Waals surface area contributed by atoms with Crippen molar-refractivity contribution < 1.29 is 13.2 Å². The van der Waals surface area contributed by atoms with Gasteiger partial charge in [0.1, 0.15) is 12.0 Å². The molecule has 0 aliphatic carbocycles. The van der Waals surface area contributed by atoms with E-state index in [0.29, 0.717) is 12.2 Å². The number of hydrogen-bond donors (Lipinski definition) is 0. The lowest BCUT2D eigenvalue weighted by Crippen LogP contribution is -2.08. The van der Waals surface area contributed by atoms with Crippen molar-refractivity contribution in [3.8, 4) is 5.69 Å². The van der Waals surface area contributed by atoms with Crippen molar-refractivity contribution in [2.45, 2.75) is 26.4 Å². The van der Waals surface area contributed by atoms with Crippen LogP contribution in [0.1, 0.15) is 27.9 Å². The molecule has 2 aromatic heterocycles. The predicted molar refractivity (Wildman–Crippen MR) is 146 cm³/mol. The van der Waals surface area contributed by atoms with Gasteiger partial charge in [0.05, 0.1) is 29.5 Å². The predicted octanol–water partition coefficient (Wildman–Crippen LogP) is 7.24. The molecule has 0 unspecified atom stereocenters. The number of thiocarbonyl (C=S) groups is 1. The molecule has 0 saturated heterocycles. The highest BCUT2D eigenvalue weighted by atomic mass is 32.1. The second-order valence-corrected chi connectivity index (χ2v) is 9.56. The molecule has 0 N–H and O–H groups in total. The number of halogens is 3. The van der Waals surface area contributed by atoms with Crippen molar-refractivity contribution in [3.63, 3.8) is 0 Å². The minimum absolute atomic E-state index is 0.478. The maximum atomic E-state index is 12.9. The van der Waals surface area contributed by atoms with Crippen LogP contribution < -0.4 is 0 Å². The monoisotopic (exact) mass is 516 g/mol. The first-order valence-electron chi connectivity index (χ1n) is 11.7. The zero-order valence-corrected chi connectivity index (χ0v) is 21.1. The number of aromatic nitrogens is 3. The van der Waals surface area contributed by atoms with Gasteiger partial charge in [-0.2, -0.15) is 13.2 Å². The van der Waals surface area contributed by atoms with Crippen LogP contribution >= 0.6 is 12.2 Å². The van der Waals surface area contributed by atoms with E-state index in [4.69, 9.17) is 12.2 Å². The summed E-state index contributed by atoms with van der Waals surface area (Å²) in [6.45, 7) is 4.68. The zero-order valence-electron chi connectivity index (χ0n) is 20.3. The first kappa shape index (κ1) is 24.8. The Bertz CT molecular complexity index is 1630. The van der Waals surface area contributed by atoms with E-state index in [2.05, 4.69) is 47.0 Å². The van der Waals surface area contributed by atoms with Crippen molar-refractivity contribution in [3.05, 3.63) is 101 Å². The van der Waals surface area contributed by atoms with Gasteiger partial charge in [0.25, 0.3) is 0 Å². The number of imidazole rings is 1. The molecule has 0 atom stereocenters. The van der Waals surface area contributed by atoms with Crippen molar-refractivity contribution in [2.24, 2.45) is 4.99 Å². The first-order chi connectivity index (χ1) is 17.7. The summed E-state index contributed by atoms with van der Waals surface area (Å²) in [4.78, 5) is 13.5. The molecule has 186 valence electrons. The maximum Gasteiger partial charge on any atom is 0.433 e. The molecular weight excluding hydrogens is 493 g/mol. The highest BCUT2D eigenvalue weighted by Crippen LogP contribution is 2.30. The van der Waals surface area contributed by atoms with Crippen LogP contribution in [0.4, 0.5) is 13.2 Å². The first-order valence-corrected chi connectivity index (χ1v) is 12.1. The number of fused-ring (bicyclic) bond motifs is 3. The molecule has 0 fully saturated rings. The van der Waals surface area contributed by atoms with E-state index in [0.717, 1.165) is 44.7 Å². The summed E-state index contributed by atoms with van der Waals surface area (Å²) in [6.07, 6.45) is 0.891. The average molecular weight is 517 g/mol. The van der Waals surface area contributed by atoms with Crippen LogP contribution in [0.2, 0.25) is 0 Å². The number of benzene rings is 3. The Labute approximate surface area is 217 Å². The van der Waals surface area contributed by atoms with Gasteiger partial charge in [-0.1, -0.05) is 48.6 Å². The average Bonchev–Trinajstić information content (AvgIpc) is 3.30. The van der Waals surface area contributed by atoms with Crippen LogP contribution in [0, 0.1) is 13.8 Å². The van der Waals surface area contributed by atoms with Crippen LogP contribution in [0.3, 0.4) is 0 Å². The highest BCUT2D eigenvalue weighted by Gasteiger charge is 2.32. The standard InChI is InChI=1S/C29H23F3N4S/c1-18-4-3-5-19(2)25(18)13-23(37)16-33-14-20-6-9-24-21(12-20)7-10-26-28(24)35-17-36(26)22-8-11-27(34-15-22)29(30,31)32/h3-12,14-15,17H,13,16H2,1-2H3. The van der Waals surface area contributed by atoms with Gasteiger partial charge in [0.15, 0.2) is 0 Å². The number of aliphatic imine (C=N–C) groups is 1. The Morgan fingerprint density at radius 3 is 2.49 bits per heavy atom. The lowest BCUT2D eigenvalue weighted by molar-refractivity contribution is -0.141. The third-order valence-corrected chi connectivity index (χ3v) is 6.67. The number of nitrogens with zero attached hydrogens (tertiary/aromatic N) is 4. The normalized spacial score (nSPS) is 12.1. The van der Waals surface area contributed by atoms with Crippen LogP contribution in [0.5, 0.6) is 0 Å². The summed E-state index contributed by atoms with van der Waals surface area (Å²) in [5, 5.41) is 1.93. The van der Waals surface area contributed by atoms with Gasteiger partial charge in [0, 0.05) is 22.9 Å². The van der Waals surface area contributed by atoms with Crippen LogP contribution in [0.15, 0.2) is 78.2 Å². The summed E-state index contributed by atoms with van der Waals surface area (Å²) in [5.41, 5.74) is 5.83. The molecular formula is C29H23F3N4S. The summed E-state index contributed by atoms with van der Waals surface area (Å²) in [5.74, 6) is 0. The largest absolute Gasteiger partial charge is 0.433 e. The van der Waals surface area contributed by atoms with Gasteiger partial charge in [-0.15, -0.1) is 0 Å². The molecule has 8 heteroatoms. The van der Waals surface area contributed by atoms with Gasteiger partial charge in [-0.3, -0.25) is 9.56 Å². The summed E-state index contributed by atoms with van der Waals surface area (Å²) >= 11 is 5.58. The van der Waals surface area contributed by atoms with Gasteiger partial charge in [-0.05, 0) is 65.8 Å². The number of rotatable bonds is 6. The van der Waals surface area contributed by atoms with E-state index < -0.39 is 11.9 Å². The molecule has 4 nitrogen and oxygen atoms in total. The fraction of sp³-hybridized carbons (Fsp3) is 0.172. The second kappa shape index (κ2) is 9.86. The van der Waals surface area contributed by atoms with E-state index in [1.54, 1.807) is 10.9 Å². The summed E-state index contributed by atoms with van der Waals surface area (Å²) < 4.78 is 40.3. The molecule has 2 heterocycles. The smallest absolute Gasteiger partial charge is 0.297 e. The summed E-state index contributed by atoms with van der Waals surface area (Å²) in [6, 6.07) is 18.5. The quantitative estimate of drug-likeness (QED) is 0.176. The molecule has 0 radical (unpaired) electrons. The second-order valence-electron chi connectivity index (χ2n) is 8.98. The lowest BCUT2D eigenvalue weighted by atomic mass is 9.99. The van der Waals surface area contributed by atoms with Crippen molar-refractivity contribution in [2.75, 3.05) is 6.54 Å². The Morgan fingerprint density at radius 2 is 1.78 bits per heavy atom. The van der Waals surface area contributed by atoms with Crippen LogP contribution in [-0.4, -0.2) is 32.2 Å². The molecule has 0 saturated carbocycles. The van der Waals surface area contributed by atoms with E-state index in [-0.39, 0.29) is 0 Å².